The number of carbonyl (C=O) groups excluding carboxylic acids is 3. The van der Waals surface area contributed by atoms with E-state index in [0.29, 0.717) is 10.7 Å². The van der Waals surface area contributed by atoms with Crippen molar-refractivity contribution in [1.29, 1.82) is 0 Å². The van der Waals surface area contributed by atoms with Crippen LogP contribution in [-0.2, 0) is 25.5 Å². The van der Waals surface area contributed by atoms with E-state index in [1.165, 1.54) is 39.8 Å². The third-order valence-electron chi connectivity index (χ3n) is 6.70. The van der Waals surface area contributed by atoms with Gasteiger partial charge in [-0.2, -0.15) is 0 Å². The highest BCUT2D eigenvalue weighted by molar-refractivity contribution is 8.07. The number of aromatic nitrogens is 1. The summed E-state index contributed by atoms with van der Waals surface area (Å²) in [6, 6.07) is 27.7. The zero-order chi connectivity index (χ0) is 28.2. The summed E-state index contributed by atoms with van der Waals surface area (Å²) < 4.78 is 6.96. The fourth-order valence-corrected chi connectivity index (χ4v) is 8.04. The van der Waals surface area contributed by atoms with Crippen LogP contribution in [0.1, 0.15) is 22.8 Å². The van der Waals surface area contributed by atoms with E-state index in [4.69, 9.17) is 4.74 Å². The summed E-state index contributed by atoms with van der Waals surface area (Å²) in [5.41, 5.74) is 2.72. The molecule has 3 heterocycles. The molecule has 1 saturated heterocycles. The van der Waals surface area contributed by atoms with Gasteiger partial charge < -0.3 is 10.1 Å². The molecule has 0 saturated carbocycles. The lowest BCUT2D eigenvalue weighted by Gasteiger charge is -2.49. The minimum Gasteiger partial charge on any atom is -0.448 e. The number of thioether (sulfide) groups is 2. The van der Waals surface area contributed by atoms with Crippen molar-refractivity contribution in [3.63, 3.8) is 0 Å². The Morgan fingerprint density at radius 3 is 2.22 bits per heavy atom. The van der Waals surface area contributed by atoms with Crippen LogP contribution in [0.2, 0.25) is 0 Å². The van der Waals surface area contributed by atoms with Gasteiger partial charge in [0.05, 0.1) is 6.42 Å². The van der Waals surface area contributed by atoms with Gasteiger partial charge in [-0.3, -0.25) is 14.5 Å². The molecule has 1 aromatic heterocycles. The van der Waals surface area contributed by atoms with Gasteiger partial charge in [0, 0.05) is 22.2 Å². The number of benzene rings is 3. The molecule has 2 aliphatic heterocycles. The zero-order valence-corrected chi connectivity index (χ0v) is 24.2. The first-order chi connectivity index (χ1) is 20.1. The van der Waals surface area contributed by atoms with Gasteiger partial charge in [0.25, 0.3) is 5.91 Å². The molecule has 1 N–H and O–H groups in total. The Balaban J connectivity index is 1.27. The number of fused-ring (bicyclic) bond motifs is 1. The average Bonchev–Trinajstić information content (AvgIpc) is 3.53. The van der Waals surface area contributed by atoms with E-state index in [1.54, 1.807) is 6.20 Å². The highest BCUT2D eigenvalue weighted by Gasteiger charge is 2.54. The lowest BCUT2D eigenvalue weighted by Crippen LogP contribution is -2.70. The molecule has 1 fully saturated rings. The van der Waals surface area contributed by atoms with E-state index in [1.807, 2.05) is 96.4 Å². The van der Waals surface area contributed by atoms with Gasteiger partial charge in [0.1, 0.15) is 17.1 Å². The van der Waals surface area contributed by atoms with Crippen molar-refractivity contribution in [1.82, 2.24) is 15.2 Å². The second-order valence-electron chi connectivity index (χ2n) is 9.40. The molecule has 41 heavy (non-hydrogen) atoms. The lowest BCUT2D eigenvalue weighted by molar-refractivity contribution is -0.154. The van der Waals surface area contributed by atoms with Crippen LogP contribution in [0.4, 0.5) is 0 Å². The van der Waals surface area contributed by atoms with E-state index in [9.17, 15) is 14.4 Å². The number of carbonyl (C=O) groups is 3. The number of ether oxygens (including phenoxy) is 1. The van der Waals surface area contributed by atoms with Crippen LogP contribution in [0.5, 0.6) is 0 Å². The number of rotatable bonds is 9. The number of nitrogens with zero attached hydrogens (tertiary/aromatic N) is 2. The van der Waals surface area contributed by atoms with Gasteiger partial charge in [-0.15, -0.1) is 23.1 Å². The number of hydrogen-bond donors (Lipinski definition) is 1. The van der Waals surface area contributed by atoms with Crippen molar-refractivity contribution in [2.45, 2.75) is 28.3 Å². The van der Waals surface area contributed by atoms with Crippen LogP contribution in [0.25, 0.3) is 0 Å². The number of thiazole rings is 1. The molecule has 2 amide bonds. The Bertz CT molecular complexity index is 1520. The Morgan fingerprint density at radius 1 is 0.976 bits per heavy atom. The average molecular weight is 600 g/mol. The third-order valence-corrected chi connectivity index (χ3v) is 10.1. The van der Waals surface area contributed by atoms with Crippen molar-refractivity contribution in [3.8, 4) is 0 Å². The normalized spacial score (nSPS) is 18.1. The van der Waals surface area contributed by atoms with E-state index in [-0.39, 0.29) is 23.9 Å². The summed E-state index contributed by atoms with van der Waals surface area (Å²) in [5, 5.41) is 4.35. The monoisotopic (exact) mass is 599 g/mol. The number of hydrogen-bond acceptors (Lipinski definition) is 8. The minimum absolute atomic E-state index is 0.174. The van der Waals surface area contributed by atoms with Crippen molar-refractivity contribution in [2.24, 2.45) is 0 Å². The van der Waals surface area contributed by atoms with Gasteiger partial charge in [-0.25, -0.2) is 9.78 Å². The number of amides is 2. The molecule has 0 radical (unpaired) electrons. The molecule has 0 bridgehead atoms. The molecule has 10 heteroatoms. The molecule has 7 nitrogen and oxygen atoms in total. The maximum Gasteiger partial charge on any atom is 0.356 e. The van der Waals surface area contributed by atoms with E-state index >= 15 is 0 Å². The highest BCUT2D eigenvalue weighted by atomic mass is 32.2. The molecule has 206 valence electrons. The maximum atomic E-state index is 14.0. The van der Waals surface area contributed by atoms with Crippen molar-refractivity contribution in [3.05, 3.63) is 130 Å². The standard InChI is InChI=1S/C31H25N3O4S3/c35-24(18-20-10-4-1-5-11-20)33-25-28(36)34-26(23(19-40-29(25)34)41-31-32-16-17-39-31)30(37)38-27(21-12-6-2-7-13-21)22-14-8-3-9-15-22/h1-17,25,27,29H,18-19H2,(H,33,35)/t25-,29-/m1/s1. The summed E-state index contributed by atoms with van der Waals surface area (Å²) >= 11 is 4.35. The fraction of sp³-hybridized carbons (Fsp3) is 0.161. The molecular weight excluding hydrogens is 575 g/mol. The molecule has 0 spiro atoms. The first-order valence-electron chi connectivity index (χ1n) is 13.0. The van der Waals surface area contributed by atoms with Crippen LogP contribution in [0.15, 0.2) is 118 Å². The topological polar surface area (TPSA) is 88.6 Å². The molecule has 0 aliphatic carbocycles. The predicted octanol–water partition coefficient (Wildman–Crippen LogP) is 5.42. The molecular formula is C31H25N3O4S3. The van der Waals surface area contributed by atoms with E-state index < -0.39 is 23.5 Å². The predicted molar refractivity (Wildman–Crippen MR) is 161 cm³/mol. The molecule has 6 rings (SSSR count). The van der Waals surface area contributed by atoms with Crippen LogP contribution in [0, 0.1) is 0 Å². The second kappa shape index (κ2) is 12.3. The van der Waals surface area contributed by atoms with Gasteiger partial charge in [0.15, 0.2) is 10.4 Å². The van der Waals surface area contributed by atoms with Crippen molar-refractivity contribution < 1.29 is 19.1 Å². The molecule has 2 aliphatic rings. The third kappa shape index (κ3) is 5.95. The summed E-state index contributed by atoms with van der Waals surface area (Å²) in [6.45, 7) is 0. The zero-order valence-electron chi connectivity index (χ0n) is 21.7. The summed E-state index contributed by atoms with van der Waals surface area (Å²) in [6.07, 6.45) is 1.22. The van der Waals surface area contributed by atoms with Crippen LogP contribution in [-0.4, -0.2) is 44.8 Å². The van der Waals surface area contributed by atoms with Gasteiger partial charge in [-0.1, -0.05) is 103 Å². The Morgan fingerprint density at radius 2 is 1.61 bits per heavy atom. The van der Waals surface area contributed by atoms with Crippen LogP contribution >= 0.6 is 34.9 Å². The molecule has 0 unspecified atom stereocenters. The number of esters is 1. The second-order valence-corrected chi connectivity index (χ2v) is 12.7. The Hall–Kier alpha value is -3.86. The highest BCUT2D eigenvalue weighted by Crippen LogP contribution is 2.46. The molecule has 2 atom stereocenters. The van der Waals surface area contributed by atoms with Crippen LogP contribution in [0.3, 0.4) is 0 Å². The SMILES string of the molecule is O=C(Cc1ccccc1)N[C@@H]1C(=O)N2C(C(=O)OC(c3ccccc3)c3ccccc3)=C(Sc3nccs3)CS[C@H]12. The first kappa shape index (κ1) is 27.3. The van der Waals surface area contributed by atoms with Crippen molar-refractivity contribution in [2.75, 3.05) is 5.75 Å². The van der Waals surface area contributed by atoms with E-state index in [0.717, 1.165) is 21.0 Å². The summed E-state index contributed by atoms with van der Waals surface area (Å²) in [4.78, 5) is 46.8. The first-order valence-corrected chi connectivity index (χ1v) is 15.7. The van der Waals surface area contributed by atoms with Gasteiger partial charge >= 0.3 is 5.97 Å². The Kier molecular flexibility index (Phi) is 8.22. The number of nitrogens with one attached hydrogen (secondary N) is 1. The lowest BCUT2D eigenvalue weighted by atomic mass is 10.0. The minimum atomic E-state index is -0.718. The van der Waals surface area contributed by atoms with Crippen molar-refractivity contribution >= 4 is 52.6 Å². The van der Waals surface area contributed by atoms with Gasteiger partial charge in [-0.05, 0) is 16.7 Å². The largest absolute Gasteiger partial charge is 0.448 e. The van der Waals surface area contributed by atoms with Crippen LogP contribution < -0.4 is 5.32 Å². The number of β-lactam (4-membered cyclic amide) rings is 1. The Labute approximate surface area is 250 Å². The molecule has 4 aromatic rings. The quantitative estimate of drug-likeness (QED) is 0.203. The maximum absolute atomic E-state index is 14.0. The van der Waals surface area contributed by atoms with Gasteiger partial charge in [0.2, 0.25) is 5.91 Å². The molecule has 3 aromatic carbocycles. The van der Waals surface area contributed by atoms with E-state index in [2.05, 4.69) is 10.3 Å². The summed E-state index contributed by atoms with van der Waals surface area (Å²) in [7, 11) is 0. The smallest absolute Gasteiger partial charge is 0.356 e. The summed E-state index contributed by atoms with van der Waals surface area (Å²) in [5.74, 6) is -0.674. The fourth-order valence-electron chi connectivity index (χ4n) is 4.78.